The molecule has 8 nitrogen and oxygen atoms in total. The van der Waals surface area contributed by atoms with E-state index in [0.29, 0.717) is 13.0 Å². The summed E-state index contributed by atoms with van der Waals surface area (Å²) in [6, 6.07) is -0.716. The van der Waals surface area contributed by atoms with E-state index >= 15 is 0 Å². The number of rotatable bonds is 5. The Balaban J connectivity index is -0.000000105. The first-order chi connectivity index (χ1) is 6.68. The second kappa shape index (κ2) is 15.1. The zero-order valence-corrected chi connectivity index (χ0v) is 13.1. The molecule has 0 aliphatic heterocycles. The number of nitrogens with two attached hydrogens (primary N) is 2. The quantitative estimate of drug-likeness (QED) is 0.242. The first-order valence-corrected chi connectivity index (χ1v) is 5.61. The zero-order chi connectivity index (χ0) is 12.5. The topological polar surface area (TPSA) is 173 Å². The van der Waals surface area contributed by atoms with Gasteiger partial charge >= 0.3 is 43.7 Å². The monoisotopic (exact) mass is 318 g/mol. The minimum absolute atomic E-state index is 0. The third-order valence-corrected chi connectivity index (χ3v) is 1.29. The molecule has 1 atom stereocenters. The summed E-state index contributed by atoms with van der Waals surface area (Å²) < 4.78 is 8.66. The van der Waals surface area contributed by atoms with Gasteiger partial charge in [0.05, 0.1) is 7.82 Å². The van der Waals surface area contributed by atoms with Crippen molar-refractivity contribution < 1.29 is 29.1 Å². The van der Waals surface area contributed by atoms with Crippen molar-refractivity contribution in [3.8, 4) is 0 Å². The molecule has 0 bridgehead atoms. The van der Waals surface area contributed by atoms with Gasteiger partial charge in [-0.2, -0.15) is 0 Å². The Hall–Kier alpha value is 1.05. The van der Waals surface area contributed by atoms with Gasteiger partial charge in [-0.25, -0.2) is 0 Å². The number of aliphatic carboxylic acids is 1. The Kier molecular flexibility index (Phi) is 23.6. The molecule has 0 saturated heterocycles. The van der Waals surface area contributed by atoms with Crippen molar-refractivity contribution >= 4 is 63.9 Å². The molecule has 0 aromatic carbocycles. The second-order valence-corrected chi connectivity index (χ2v) is 3.63. The Labute approximate surface area is 135 Å². The van der Waals surface area contributed by atoms with E-state index in [1.807, 2.05) is 0 Å². The van der Waals surface area contributed by atoms with Crippen LogP contribution in [0.3, 0.4) is 0 Å². The largest absolute Gasteiger partial charge is 2.00 e. The first-order valence-electron chi connectivity index (χ1n) is 4.11. The number of carbonyl (C=O) groups is 1. The van der Waals surface area contributed by atoms with Crippen LogP contribution in [0.25, 0.3) is 0 Å². The number of carboxylic acid groups (broad SMARTS) is 1. The van der Waals surface area contributed by atoms with Gasteiger partial charge in [-0.1, -0.05) is 6.42 Å². The van der Waals surface area contributed by atoms with Crippen LogP contribution in [-0.2, 0) is 9.36 Å². The van der Waals surface area contributed by atoms with Crippen LogP contribution in [0.2, 0.25) is 0 Å². The summed E-state index contributed by atoms with van der Waals surface area (Å²) in [6.07, 6.45) is 2.16. The summed E-state index contributed by atoms with van der Waals surface area (Å²) in [5.41, 5.74) is 10.4. The molecule has 1 unspecified atom stereocenters. The van der Waals surface area contributed by atoms with E-state index in [2.05, 4.69) is 0 Å². The van der Waals surface area contributed by atoms with Crippen molar-refractivity contribution in [1.82, 2.24) is 0 Å². The molecule has 0 amide bonds. The fourth-order valence-electron chi connectivity index (χ4n) is 0.632. The predicted molar refractivity (Wildman–Crippen MR) is 61.3 cm³/mol. The van der Waals surface area contributed by atoms with E-state index in [9.17, 15) is 4.79 Å². The third kappa shape index (κ3) is 38.2. The summed E-state index contributed by atoms with van der Waals surface area (Å²) in [5.74, 6) is -0.933. The Morgan fingerprint density at radius 3 is 1.94 bits per heavy atom. The molecule has 0 fully saturated rings. The smallest absolute Gasteiger partial charge is 0.790 e. The van der Waals surface area contributed by atoms with E-state index < -0.39 is 19.8 Å². The zero-order valence-electron chi connectivity index (χ0n) is 9.15. The van der Waals surface area contributed by atoms with Crippen LogP contribution in [0.1, 0.15) is 19.3 Å². The number of unbranched alkanes of at least 4 members (excludes halogenated alkanes) is 1. The molecule has 0 saturated carbocycles. The van der Waals surface area contributed by atoms with E-state index in [1.54, 1.807) is 0 Å². The summed E-state index contributed by atoms with van der Waals surface area (Å²) in [6.45, 7) is 0.604. The van der Waals surface area contributed by atoms with Crippen molar-refractivity contribution in [2.75, 3.05) is 6.54 Å². The summed E-state index contributed by atoms with van der Waals surface area (Å²) in [7, 11) is -5.14. The van der Waals surface area contributed by atoms with Crippen LogP contribution in [0.5, 0.6) is 0 Å². The van der Waals surface area contributed by atoms with Crippen molar-refractivity contribution in [2.45, 2.75) is 25.3 Å². The van der Waals surface area contributed by atoms with E-state index in [-0.39, 0.29) is 50.1 Å². The van der Waals surface area contributed by atoms with Gasteiger partial charge in [-0.05, 0) is 19.4 Å². The maximum atomic E-state index is 10.1. The van der Waals surface area contributed by atoms with Crippen molar-refractivity contribution in [2.24, 2.45) is 11.5 Å². The van der Waals surface area contributed by atoms with Crippen LogP contribution in [0.4, 0.5) is 0 Å². The SMILES string of the molecule is Cl.NCCCCC(N)C(=O)O.O=P([O-])([O-])O.[Ca+2]. The Bertz CT molecular complexity index is 220. The van der Waals surface area contributed by atoms with Gasteiger partial charge in [0.25, 0.3) is 0 Å². The number of carboxylic acids is 1. The van der Waals surface area contributed by atoms with Crippen LogP contribution in [-0.4, -0.2) is 66.3 Å². The number of phosphoric acid groups is 1. The molecule has 0 aromatic heterocycles. The summed E-state index contributed by atoms with van der Waals surface area (Å²) in [4.78, 5) is 34.4. The molecule has 11 heteroatoms. The Morgan fingerprint density at radius 1 is 1.35 bits per heavy atom. The van der Waals surface area contributed by atoms with E-state index in [4.69, 9.17) is 35.8 Å². The van der Waals surface area contributed by atoms with Gasteiger partial charge in [0, 0.05) is 0 Å². The van der Waals surface area contributed by atoms with Crippen molar-refractivity contribution in [1.29, 1.82) is 0 Å². The maximum absolute atomic E-state index is 10.1. The van der Waals surface area contributed by atoms with Crippen LogP contribution >= 0.6 is 20.2 Å². The van der Waals surface area contributed by atoms with Gasteiger partial charge in [-0.15, -0.1) is 12.4 Å². The molecule has 0 spiro atoms. The van der Waals surface area contributed by atoms with Gasteiger partial charge < -0.3 is 35.8 Å². The molecule has 17 heavy (non-hydrogen) atoms. The average Bonchev–Trinajstić information content (AvgIpc) is 2.01. The van der Waals surface area contributed by atoms with Gasteiger partial charge in [0.1, 0.15) is 6.04 Å². The van der Waals surface area contributed by atoms with Crippen LogP contribution in [0, 0.1) is 0 Å². The molecule has 0 aliphatic carbocycles. The minimum atomic E-state index is -5.14. The minimum Gasteiger partial charge on any atom is -0.790 e. The number of hydrogen-bond acceptors (Lipinski definition) is 6. The molecule has 0 radical (unpaired) electrons. The molecule has 0 rings (SSSR count). The average molecular weight is 319 g/mol. The first kappa shape index (κ1) is 26.6. The molecule has 100 valence electrons. The summed E-state index contributed by atoms with van der Waals surface area (Å²) >= 11 is 0. The van der Waals surface area contributed by atoms with Crippen LogP contribution in [0.15, 0.2) is 0 Å². The maximum Gasteiger partial charge on any atom is 2.00 e. The second-order valence-electron chi connectivity index (χ2n) is 2.70. The predicted octanol–water partition coefficient (Wildman–Crippen LogP) is -2.62. The fourth-order valence-corrected chi connectivity index (χ4v) is 0.632. The van der Waals surface area contributed by atoms with Crippen LogP contribution < -0.4 is 21.3 Å². The fraction of sp³-hybridized carbons (Fsp3) is 0.833. The molecule has 0 aromatic rings. The van der Waals surface area contributed by atoms with Crippen molar-refractivity contribution in [3.63, 3.8) is 0 Å². The molecule has 6 N–H and O–H groups in total. The standard InChI is InChI=1S/C6H14N2O2.Ca.ClH.H3O4P/c7-4-2-1-3-5(8)6(9)10;;;1-5(2,3)4/h5H,1-4,7-8H2,(H,9,10);;1H;(H3,1,2,3,4)/q;+2;;/p-2. The normalized spacial score (nSPS) is 11.1. The van der Waals surface area contributed by atoms with E-state index in [0.717, 1.165) is 12.8 Å². The third-order valence-electron chi connectivity index (χ3n) is 1.29. The molecular weight excluding hydrogens is 303 g/mol. The van der Waals surface area contributed by atoms with E-state index in [1.165, 1.54) is 0 Å². The number of halogens is 1. The Morgan fingerprint density at radius 2 is 1.71 bits per heavy atom. The molecule has 0 heterocycles. The molecule has 0 aliphatic rings. The summed E-state index contributed by atoms with van der Waals surface area (Å²) in [5, 5.41) is 8.33. The van der Waals surface area contributed by atoms with Gasteiger partial charge in [-0.3, -0.25) is 4.79 Å². The van der Waals surface area contributed by atoms with Gasteiger partial charge in [0.2, 0.25) is 0 Å². The molecular formula is C6H16CaClN2O6P. The number of hydrogen-bond donors (Lipinski definition) is 4. The van der Waals surface area contributed by atoms with Gasteiger partial charge in [0.15, 0.2) is 0 Å². The van der Waals surface area contributed by atoms with Crippen molar-refractivity contribution in [3.05, 3.63) is 0 Å².